The van der Waals surface area contributed by atoms with Gasteiger partial charge in [0.2, 0.25) is 0 Å². The van der Waals surface area contributed by atoms with E-state index in [1.807, 2.05) is 6.92 Å². The van der Waals surface area contributed by atoms with Crippen molar-refractivity contribution in [1.82, 2.24) is 0 Å². The zero-order chi connectivity index (χ0) is 18.5. The minimum Gasteiger partial charge on any atom is -0.459 e. The number of halogens is 2. The first kappa shape index (κ1) is 21.6. The van der Waals surface area contributed by atoms with Gasteiger partial charge in [0.1, 0.15) is 23.3 Å². The summed E-state index contributed by atoms with van der Waals surface area (Å²) in [5.74, 6) is -2.65. The molecule has 1 atom stereocenters. The lowest BCUT2D eigenvalue weighted by atomic mass is 10.0. The second-order valence-electron chi connectivity index (χ2n) is 6.65. The molecule has 1 rings (SSSR count). The standard InChI is InChI=1S/C21H32F2O2/c1-3-5-6-7-8-9-10-11-12-14-17(4-2)25-21(24)20-18(22)15-13-16-19(20)23/h13,15-17H,3-12,14H2,1-2H3. The molecule has 1 aromatic carbocycles. The van der Waals surface area contributed by atoms with Crippen LogP contribution in [0.1, 0.15) is 94.8 Å². The monoisotopic (exact) mass is 354 g/mol. The maximum atomic E-state index is 13.6. The van der Waals surface area contributed by atoms with Crippen molar-refractivity contribution in [3.63, 3.8) is 0 Å². The Morgan fingerprint density at radius 3 is 1.96 bits per heavy atom. The average Bonchev–Trinajstić information content (AvgIpc) is 2.59. The molecular weight excluding hydrogens is 322 g/mol. The third-order valence-electron chi connectivity index (χ3n) is 4.53. The molecule has 0 heterocycles. The first-order valence-corrected chi connectivity index (χ1v) is 9.75. The van der Waals surface area contributed by atoms with Gasteiger partial charge in [0.15, 0.2) is 0 Å². The lowest BCUT2D eigenvalue weighted by Crippen LogP contribution is -2.19. The lowest BCUT2D eigenvalue weighted by Gasteiger charge is -2.16. The Labute approximate surface area is 151 Å². The summed E-state index contributed by atoms with van der Waals surface area (Å²) in [6.07, 6.45) is 12.2. The smallest absolute Gasteiger partial charge is 0.344 e. The molecule has 142 valence electrons. The van der Waals surface area contributed by atoms with Crippen LogP contribution >= 0.6 is 0 Å². The number of hydrogen-bond acceptors (Lipinski definition) is 2. The van der Waals surface area contributed by atoms with Crippen LogP contribution in [0, 0.1) is 11.6 Å². The molecule has 0 spiro atoms. The van der Waals surface area contributed by atoms with Gasteiger partial charge in [-0.15, -0.1) is 0 Å². The molecule has 0 saturated heterocycles. The van der Waals surface area contributed by atoms with E-state index in [9.17, 15) is 13.6 Å². The van der Waals surface area contributed by atoms with E-state index < -0.39 is 23.2 Å². The summed E-state index contributed by atoms with van der Waals surface area (Å²) in [5, 5.41) is 0. The first-order chi connectivity index (χ1) is 12.1. The number of carbonyl (C=O) groups is 1. The summed E-state index contributed by atoms with van der Waals surface area (Å²) in [6.45, 7) is 4.14. The van der Waals surface area contributed by atoms with Crippen LogP contribution in [0.3, 0.4) is 0 Å². The van der Waals surface area contributed by atoms with Crippen molar-refractivity contribution in [2.45, 2.75) is 90.6 Å². The molecule has 0 bridgehead atoms. The number of esters is 1. The number of ether oxygens (including phenoxy) is 1. The molecule has 0 aromatic heterocycles. The van der Waals surface area contributed by atoms with Gasteiger partial charge in [-0.2, -0.15) is 0 Å². The van der Waals surface area contributed by atoms with Crippen molar-refractivity contribution in [1.29, 1.82) is 0 Å². The minimum atomic E-state index is -0.904. The first-order valence-electron chi connectivity index (χ1n) is 9.75. The molecule has 4 heteroatoms. The number of carbonyl (C=O) groups excluding carboxylic acids is 1. The Kier molecular flexibility index (Phi) is 11.1. The summed E-state index contributed by atoms with van der Waals surface area (Å²) in [5.41, 5.74) is -0.590. The molecule has 0 saturated carbocycles. The number of benzene rings is 1. The summed E-state index contributed by atoms with van der Waals surface area (Å²) in [6, 6.07) is 3.38. The van der Waals surface area contributed by atoms with E-state index in [-0.39, 0.29) is 6.10 Å². The van der Waals surface area contributed by atoms with Crippen molar-refractivity contribution in [3.05, 3.63) is 35.4 Å². The van der Waals surface area contributed by atoms with E-state index in [2.05, 4.69) is 6.92 Å². The highest BCUT2D eigenvalue weighted by Gasteiger charge is 2.21. The molecule has 0 aliphatic heterocycles. The van der Waals surface area contributed by atoms with E-state index in [1.165, 1.54) is 51.0 Å². The van der Waals surface area contributed by atoms with E-state index in [0.29, 0.717) is 6.42 Å². The van der Waals surface area contributed by atoms with Gasteiger partial charge in [-0.25, -0.2) is 13.6 Å². The van der Waals surface area contributed by atoms with Crippen molar-refractivity contribution >= 4 is 5.97 Å². The molecule has 25 heavy (non-hydrogen) atoms. The van der Waals surface area contributed by atoms with E-state index >= 15 is 0 Å². The van der Waals surface area contributed by atoms with E-state index in [1.54, 1.807) is 0 Å². The predicted octanol–water partition coefficient (Wildman–Crippen LogP) is 6.82. The highest BCUT2D eigenvalue weighted by molar-refractivity contribution is 5.90. The van der Waals surface area contributed by atoms with Crippen LogP contribution < -0.4 is 0 Å². The third-order valence-corrected chi connectivity index (χ3v) is 4.53. The van der Waals surface area contributed by atoms with Gasteiger partial charge in [0, 0.05) is 0 Å². The van der Waals surface area contributed by atoms with Crippen LogP contribution in [-0.2, 0) is 4.74 Å². The van der Waals surface area contributed by atoms with Crippen LogP contribution in [0.2, 0.25) is 0 Å². The van der Waals surface area contributed by atoms with Crippen LogP contribution in [0.4, 0.5) is 8.78 Å². The Balaban J connectivity index is 2.25. The van der Waals surface area contributed by atoms with Crippen molar-refractivity contribution < 1.29 is 18.3 Å². The quantitative estimate of drug-likeness (QED) is 0.287. The molecule has 0 aliphatic carbocycles. The Bertz CT molecular complexity index is 482. The van der Waals surface area contributed by atoms with E-state index in [4.69, 9.17) is 4.74 Å². The Hall–Kier alpha value is -1.45. The Morgan fingerprint density at radius 1 is 0.920 bits per heavy atom. The fourth-order valence-electron chi connectivity index (χ4n) is 2.93. The third kappa shape index (κ3) is 8.46. The van der Waals surface area contributed by atoms with Crippen LogP contribution in [0.25, 0.3) is 0 Å². The predicted molar refractivity (Wildman–Crippen MR) is 97.7 cm³/mol. The molecular formula is C21H32F2O2. The van der Waals surface area contributed by atoms with Crippen molar-refractivity contribution in [2.75, 3.05) is 0 Å². The summed E-state index contributed by atoms with van der Waals surface area (Å²) >= 11 is 0. The van der Waals surface area contributed by atoms with Gasteiger partial charge in [-0.05, 0) is 31.4 Å². The zero-order valence-electron chi connectivity index (χ0n) is 15.7. The molecule has 0 N–H and O–H groups in total. The van der Waals surface area contributed by atoms with Crippen LogP contribution in [0.15, 0.2) is 18.2 Å². The van der Waals surface area contributed by atoms with Gasteiger partial charge in [0.05, 0.1) is 0 Å². The fourth-order valence-corrected chi connectivity index (χ4v) is 2.93. The van der Waals surface area contributed by atoms with Gasteiger partial charge in [-0.3, -0.25) is 0 Å². The largest absolute Gasteiger partial charge is 0.459 e. The topological polar surface area (TPSA) is 26.3 Å². The van der Waals surface area contributed by atoms with Crippen LogP contribution in [0.5, 0.6) is 0 Å². The highest BCUT2D eigenvalue weighted by atomic mass is 19.1. The SMILES string of the molecule is CCCCCCCCCCCC(CC)OC(=O)c1c(F)cccc1F. The molecule has 2 nitrogen and oxygen atoms in total. The van der Waals surface area contributed by atoms with Gasteiger partial charge >= 0.3 is 5.97 Å². The van der Waals surface area contributed by atoms with Crippen molar-refractivity contribution in [2.24, 2.45) is 0 Å². The second kappa shape index (κ2) is 12.8. The molecule has 0 amide bonds. The van der Waals surface area contributed by atoms with E-state index in [0.717, 1.165) is 31.4 Å². The van der Waals surface area contributed by atoms with Gasteiger partial charge in [-0.1, -0.05) is 71.3 Å². The molecule has 0 radical (unpaired) electrons. The summed E-state index contributed by atoms with van der Waals surface area (Å²) in [7, 11) is 0. The molecule has 0 aliphatic rings. The fraction of sp³-hybridized carbons (Fsp3) is 0.667. The number of hydrogen-bond donors (Lipinski definition) is 0. The highest BCUT2D eigenvalue weighted by Crippen LogP contribution is 2.18. The average molecular weight is 354 g/mol. The maximum absolute atomic E-state index is 13.6. The van der Waals surface area contributed by atoms with Gasteiger partial charge < -0.3 is 4.74 Å². The lowest BCUT2D eigenvalue weighted by molar-refractivity contribution is 0.0256. The summed E-state index contributed by atoms with van der Waals surface area (Å²) in [4.78, 5) is 12.0. The number of unbranched alkanes of at least 4 members (excludes halogenated alkanes) is 8. The zero-order valence-corrected chi connectivity index (χ0v) is 15.7. The Morgan fingerprint density at radius 2 is 1.44 bits per heavy atom. The minimum absolute atomic E-state index is 0.281. The molecule has 1 unspecified atom stereocenters. The maximum Gasteiger partial charge on any atom is 0.344 e. The second-order valence-corrected chi connectivity index (χ2v) is 6.65. The van der Waals surface area contributed by atoms with Crippen molar-refractivity contribution in [3.8, 4) is 0 Å². The van der Waals surface area contributed by atoms with Crippen LogP contribution in [-0.4, -0.2) is 12.1 Å². The summed E-state index contributed by atoms with van der Waals surface area (Å²) < 4.78 is 32.5. The molecule has 1 aromatic rings. The normalized spacial score (nSPS) is 12.2. The molecule has 0 fully saturated rings. The number of rotatable bonds is 13. The van der Waals surface area contributed by atoms with Gasteiger partial charge in [0.25, 0.3) is 0 Å².